The largest absolute Gasteiger partial charge is 0.480 e. The number of aromatic nitrogens is 10. The van der Waals surface area contributed by atoms with Gasteiger partial charge in [0.2, 0.25) is 11.8 Å². The quantitative estimate of drug-likeness (QED) is 0.225. The van der Waals surface area contributed by atoms with Gasteiger partial charge < -0.3 is 19.3 Å². The molecule has 50 heavy (non-hydrogen) atoms. The van der Waals surface area contributed by atoms with Crippen molar-refractivity contribution < 1.29 is 9.47 Å². The first-order valence-electron chi connectivity index (χ1n) is 15.6. The fourth-order valence-corrected chi connectivity index (χ4v) is 5.90. The summed E-state index contributed by atoms with van der Waals surface area (Å²) in [6.07, 6.45) is 11.9. The van der Waals surface area contributed by atoms with Crippen LogP contribution in [0.15, 0.2) is 73.6 Å². The highest BCUT2D eigenvalue weighted by molar-refractivity contribution is 6.32. The highest BCUT2D eigenvalue weighted by atomic mass is 35.5. The van der Waals surface area contributed by atoms with Crippen LogP contribution in [0.5, 0.6) is 11.9 Å². The van der Waals surface area contributed by atoms with Crippen molar-refractivity contribution >= 4 is 35.0 Å². The van der Waals surface area contributed by atoms with E-state index in [-0.39, 0.29) is 0 Å². The number of pyridine rings is 2. The number of methoxy groups -OCH3 is 2. The maximum atomic E-state index is 6.26. The number of hydrogen-bond acceptors (Lipinski definition) is 14. The number of anilines is 2. The lowest BCUT2D eigenvalue weighted by molar-refractivity contribution is 0.379. The van der Waals surface area contributed by atoms with E-state index in [0.717, 1.165) is 59.8 Å². The Hall–Kier alpha value is -5.60. The van der Waals surface area contributed by atoms with E-state index in [0.29, 0.717) is 58.4 Å². The Morgan fingerprint density at radius 3 is 1.78 bits per heavy atom. The molecule has 0 saturated heterocycles. The van der Waals surface area contributed by atoms with Crippen molar-refractivity contribution in [3.63, 3.8) is 0 Å². The second kappa shape index (κ2) is 14.9. The molecular weight excluding hydrogens is 679 g/mol. The Labute approximate surface area is 297 Å². The predicted octanol–water partition coefficient (Wildman–Crippen LogP) is 5.11. The fourth-order valence-electron chi connectivity index (χ4n) is 5.52. The van der Waals surface area contributed by atoms with Crippen molar-refractivity contribution in [2.24, 2.45) is 0 Å². The third kappa shape index (κ3) is 7.21. The van der Waals surface area contributed by atoms with E-state index in [2.05, 4.69) is 59.6 Å². The van der Waals surface area contributed by atoms with Crippen LogP contribution in [-0.4, -0.2) is 77.1 Å². The van der Waals surface area contributed by atoms with Crippen LogP contribution < -0.4 is 19.3 Å². The van der Waals surface area contributed by atoms with E-state index in [1.54, 1.807) is 24.8 Å². The zero-order valence-corrected chi connectivity index (χ0v) is 28.6. The first kappa shape index (κ1) is 32.9. The Bertz CT molecular complexity index is 2110. The topological polar surface area (TPSA) is 154 Å². The van der Waals surface area contributed by atoms with Crippen LogP contribution in [0.1, 0.15) is 22.5 Å². The van der Waals surface area contributed by atoms with Crippen LogP contribution in [0, 0.1) is 0 Å². The van der Waals surface area contributed by atoms with Crippen molar-refractivity contribution in [2.75, 3.05) is 37.1 Å². The number of rotatable bonds is 6. The average molecular weight is 710 g/mol. The summed E-state index contributed by atoms with van der Waals surface area (Å²) in [5.74, 6) is 2.92. The zero-order valence-electron chi connectivity index (χ0n) is 27.1. The molecule has 0 saturated carbocycles. The molecule has 0 atom stereocenters. The number of nitrogens with zero attached hydrogens (tertiary/aromatic N) is 12. The molecule has 0 spiro atoms. The van der Waals surface area contributed by atoms with Gasteiger partial charge in [0.1, 0.15) is 21.4 Å². The Morgan fingerprint density at radius 2 is 1.20 bits per heavy atom. The minimum atomic E-state index is 0.298. The number of fused-ring (bicyclic) bond motifs is 2. The summed E-state index contributed by atoms with van der Waals surface area (Å²) in [7, 11) is 3.07. The van der Waals surface area contributed by atoms with E-state index in [4.69, 9.17) is 32.7 Å². The van der Waals surface area contributed by atoms with Crippen molar-refractivity contribution in [1.29, 1.82) is 0 Å². The average Bonchev–Trinajstić information content (AvgIpc) is 3.18. The van der Waals surface area contributed by atoms with Crippen LogP contribution in [-0.2, 0) is 25.9 Å². The first-order chi connectivity index (χ1) is 24.5. The van der Waals surface area contributed by atoms with Crippen LogP contribution >= 0.6 is 23.2 Å². The van der Waals surface area contributed by atoms with Gasteiger partial charge >= 0.3 is 6.01 Å². The van der Waals surface area contributed by atoms with Gasteiger partial charge in [-0.25, -0.2) is 29.9 Å². The van der Waals surface area contributed by atoms with Gasteiger partial charge in [0.25, 0.3) is 0 Å². The van der Waals surface area contributed by atoms with Crippen molar-refractivity contribution in [3.8, 4) is 34.9 Å². The molecule has 0 aliphatic carbocycles. The Morgan fingerprint density at radius 1 is 0.600 bits per heavy atom. The minimum absolute atomic E-state index is 0.298. The van der Waals surface area contributed by atoms with E-state index in [9.17, 15) is 0 Å². The predicted molar refractivity (Wildman–Crippen MR) is 187 cm³/mol. The summed E-state index contributed by atoms with van der Waals surface area (Å²) in [4.78, 5) is 48.1. The van der Waals surface area contributed by atoms with Gasteiger partial charge in [-0.3, -0.25) is 9.97 Å². The molecule has 0 aromatic carbocycles. The lowest BCUT2D eigenvalue weighted by Gasteiger charge is -2.29. The molecule has 8 heterocycles. The van der Waals surface area contributed by atoms with E-state index < -0.39 is 0 Å². The highest BCUT2D eigenvalue weighted by Crippen LogP contribution is 2.30. The molecule has 0 fully saturated rings. The lowest BCUT2D eigenvalue weighted by Crippen LogP contribution is -2.32. The normalized spacial score (nSPS) is 13.4. The molecule has 2 aliphatic heterocycles. The Balaban J connectivity index is 0.000000157. The van der Waals surface area contributed by atoms with Crippen molar-refractivity contribution in [3.05, 3.63) is 106 Å². The van der Waals surface area contributed by atoms with Gasteiger partial charge in [-0.05, 0) is 24.3 Å². The molecule has 8 rings (SSSR count). The molecule has 252 valence electrons. The molecule has 0 radical (unpaired) electrons. The van der Waals surface area contributed by atoms with Gasteiger partial charge in [-0.2, -0.15) is 9.97 Å². The summed E-state index contributed by atoms with van der Waals surface area (Å²) in [6.45, 7) is 2.79. The molecule has 14 nitrogen and oxygen atoms in total. The summed E-state index contributed by atoms with van der Waals surface area (Å²) in [5, 5.41) is 0.891. The van der Waals surface area contributed by atoms with Crippen LogP contribution in [0.2, 0.25) is 10.0 Å². The Kier molecular flexibility index (Phi) is 9.80. The maximum Gasteiger partial charge on any atom is 0.318 e. The van der Waals surface area contributed by atoms with Gasteiger partial charge in [-0.1, -0.05) is 35.3 Å². The third-order valence-electron chi connectivity index (χ3n) is 8.02. The number of ether oxygens (including phenoxy) is 2. The number of hydrogen-bond donors (Lipinski definition) is 0. The minimum Gasteiger partial charge on any atom is -0.480 e. The van der Waals surface area contributed by atoms with Gasteiger partial charge in [0, 0.05) is 74.9 Å². The van der Waals surface area contributed by atoms with Gasteiger partial charge in [-0.15, -0.1) is 0 Å². The monoisotopic (exact) mass is 708 g/mol. The molecule has 6 aromatic heterocycles. The smallest absolute Gasteiger partial charge is 0.318 e. The lowest BCUT2D eigenvalue weighted by atomic mass is 10.1. The first-order valence-corrected chi connectivity index (χ1v) is 16.4. The van der Waals surface area contributed by atoms with Gasteiger partial charge in [0.05, 0.1) is 38.0 Å². The van der Waals surface area contributed by atoms with Crippen molar-refractivity contribution in [1.82, 2.24) is 49.8 Å². The molecular formula is C34H30Cl2N12O2. The second-order valence-corrected chi connectivity index (χ2v) is 12.0. The zero-order chi connectivity index (χ0) is 34.5. The standard InChI is InChI=1S/2C17H15ClN6O/c1-25-16-12(18)9-21-17(23-16)24-7-5-13-11(10-24)8-20-15(22-13)14-4-2-3-6-19-14;1-25-17-21-9-12(18)16(23-17)24-7-5-13-11(10-24)8-20-15(22-13)14-4-2-3-6-19-14/h2*2-4,6,8-9H,5,7,10H2,1H3. The number of halogens is 2. The molecule has 0 unspecified atom stereocenters. The van der Waals surface area contributed by atoms with Gasteiger partial charge in [0.15, 0.2) is 17.5 Å². The third-order valence-corrected chi connectivity index (χ3v) is 8.54. The van der Waals surface area contributed by atoms with E-state index in [1.165, 1.54) is 14.2 Å². The summed E-state index contributed by atoms with van der Waals surface area (Å²) >= 11 is 12.3. The fraction of sp³-hybridized carbons (Fsp3) is 0.235. The maximum absolute atomic E-state index is 6.26. The van der Waals surface area contributed by atoms with Crippen LogP contribution in [0.3, 0.4) is 0 Å². The second-order valence-electron chi connectivity index (χ2n) is 11.2. The highest BCUT2D eigenvalue weighted by Gasteiger charge is 2.24. The molecule has 0 N–H and O–H groups in total. The summed E-state index contributed by atoms with van der Waals surface area (Å²) in [6, 6.07) is 11.7. The van der Waals surface area contributed by atoms with E-state index in [1.807, 2.05) is 48.8 Å². The van der Waals surface area contributed by atoms with Crippen LogP contribution in [0.4, 0.5) is 11.8 Å². The molecule has 2 aliphatic rings. The van der Waals surface area contributed by atoms with Crippen LogP contribution in [0.25, 0.3) is 23.0 Å². The van der Waals surface area contributed by atoms with Crippen molar-refractivity contribution in [2.45, 2.75) is 25.9 Å². The molecule has 16 heteroatoms. The summed E-state index contributed by atoms with van der Waals surface area (Å²) < 4.78 is 10.3. The molecule has 0 amide bonds. The molecule has 0 bridgehead atoms. The molecule has 6 aromatic rings. The van der Waals surface area contributed by atoms with E-state index >= 15 is 0 Å². The summed E-state index contributed by atoms with van der Waals surface area (Å²) in [5.41, 5.74) is 5.73. The SMILES string of the molecule is COc1nc(N2CCc3nc(-c4ccccn4)ncc3C2)ncc1Cl.COc1ncc(Cl)c(N2CCc3nc(-c4ccccn4)ncc3C2)n1.